The summed E-state index contributed by atoms with van der Waals surface area (Å²) < 4.78 is 12.1. The summed E-state index contributed by atoms with van der Waals surface area (Å²) in [7, 11) is 0. The van der Waals surface area contributed by atoms with E-state index in [0.29, 0.717) is 0 Å². The largest absolute Gasteiger partial charge is 1.00 e. The zero-order chi connectivity index (χ0) is 13.3. The summed E-state index contributed by atoms with van der Waals surface area (Å²) >= 11 is 0. The molecule has 18 heavy (non-hydrogen) atoms. The van der Waals surface area contributed by atoms with E-state index >= 15 is 0 Å². The summed E-state index contributed by atoms with van der Waals surface area (Å²) in [4.78, 5) is 25.0. The van der Waals surface area contributed by atoms with Crippen LogP contribution >= 0.6 is 0 Å². The molecule has 0 aliphatic heterocycles. The molecule has 3 N–H and O–H groups in total. The number of nitrogens with two attached hydrogens (primary N) is 1. The SMILES string of the molecule is CC=CC=CC(=O)[O-].Nc1nc(=O)[nH]cc1F.[K+]. The molecule has 0 atom stereocenters. The van der Waals surface area contributed by atoms with Gasteiger partial charge in [-0.3, -0.25) is 0 Å². The standard InChI is InChI=1S/C6H8O2.C4H4FN3O.K/c1-2-3-4-5-6(7)8;5-2-1-7-4(9)8-3(2)6;/h2-5H,1H3,(H,7,8);1H,(H3,6,7,8,9);/q;;+1/p-1. The van der Waals surface area contributed by atoms with Gasteiger partial charge in [-0.25, -0.2) is 9.18 Å². The van der Waals surface area contributed by atoms with Gasteiger partial charge in [-0.15, -0.1) is 0 Å². The average molecular weight is 279 g/mol. The maximum absolute atomic E-state index is 12.1. The number of H-pyrrole nitrogens is 1. The van der Waals surface area contributed by atoms with Crippen LogP contribution in [0.1, 0.15) is 6.92 Å². The molecule has 1 heterocycles. The van der Waals surface area contributed by atoms with Crippen LogP contribution in [-0.2, 0) is 4.79 Å². The van der Waals surface area contributed by atoms with Crippen LogP contribution in [0.15, 0.2) is 35.3 Å². The maximum Gasteiger partial charge on any atom is 1.00 e. The number of hydrogen-bond acceptors (Lipinski definition) is 5. The van der Waals surface area contributed by atoms with E-state index < -0.39 is 17.5 Å². The van der Waals surface area contributed by atoms with Gasteiger partial charge in [0.05, 0.1) is 5.97 Å². The second kappa shape index (κ2) is 11.3. The summed E-state index contributed by atoms with van der Waals surface area (Å²) in [6.45, 7) is 1.81. The Kier molecular flexibility index (Phi) is 12.3. The molecule has 1 aromatic rings. The fraction of sp³-hybridized carbons (Fsp3) is 0.100. The molecule has 6 nitrogen and oxygen atoms in total. The maximum atomic E-state index is 12.1. The zero-order valence-corrected chi connectivity index (χ0v) is 13.1. The van der Waals surface area contributed by atoms with E-state index in [2.05, 4.69) is 4.98 Å². The monoisotopic (exact) mass is 279 g/mol. The number of aromatic nitrogens is 2. The number of rotatable bonds is 2. The van der Waals surface area contributed by atoms with E-state index in [1.165, 1.54) is 6.08 Å². The third-order valence-electron chi connectivity index (χ3n) is 1.32. The Hall–Kier alpha value is -0.804. The zero-order valence-electron chi connectivity index (χ0n) is 10.0. The third-order valence-corrected chi connectivity index (χ3v) is 1.32. The molecular formula is C10H11FKN3O3. The Bertz CT molecular complexity index is 486. The Labute approximate surface area is 145 Å². The topological polar surface area (TPSA) is 112 Å². The molecule has 0 fully saturated rings. The predicted molar refractivity (Wildman–Crippen MR) is 58.2 cm³/mol. The van der Waals surface area contributed by atoms with Gasteiger partial charge in [0.1, 0.15) is 0 Å². The van der Waals surface area contributed by atoms with E-state index in [4.69, 9.17) is 5.73 Å². The second-order valence-corrected chi connectivity index (χ2v) is 2.64. The van der Waals surface area contributed by atoms with Crippen molar-refractivity contribution in [3.63, 3.8) is 0 Å². The number of nitrogens with one attached hydrogen (secondary N) is 1. The quantitative estimate of drug-likeness (QED) is 0.329. The number of aliphatic carboxylic acids is 1. The summed E-state index contributed by atoms with van der Waals surface area (Å²) in [6, 6.07) is 0. The van der Waals surface area contributed by atoms with Crippen molar-refractivity contribution in [1.29, 1.82) is 0 Å². The summed E-state index contributed by atoms with van der Waals surface area (Å²) in [5, 5.41) is 9.64. The number of carbonyl (C=O) groups excluding carboxylic acids is 1. The number of carboxylic acids is 1. The predicted octanol–water partition coefficient (Wildman–Crippen LogP) is -3.64. The molecule has 1 rings (SSSR count). The van der Waals surface area contributed by atoms with Crippen molar-refractivity contribution in [2.45, 2.75) is 6.92 Å². The number of nitrogens with zero attached hydrogens (tertiary/aromatic N) is 1. The van der Waals surface area contributed by atoms with Crippen LogP contribution in [0.25, 0.3) is 0 Å². The number of nitrogen functional groups attached to an aromatic ring is 1. The van der Waals surface area contributed by atoms with Crippen LogP contribution in [0.5, 0.6) is 0 Å². The fourth-order valence-corrected chi connectivity index (χ4v) is 0.639. The van der Waals surface area contributed by atoms with E-state index in [1.54, 1.807) is 19.1 Å². The van der Waals surface area contributed by atoms with Crippen LogP contribution in [-0.4, -0.2) is 15.9 Å². The van der Waals surface area contributed by atoms with Crippen molar-refractivity contribution in [2.24, 2.45) is 0 Å². The van der Waals surface area contributed by atoms with Crippen molar-refractivity contribution < 1.29 is 65.7 Å². The minimum absolute atomic E-state index is 0. The van der Waals surface area contributed by atoms with E-state index in [0.717, 1.165) is 12.3 Å². The molecule has 0 radical (unpaired) electrons. The Morgan fingerprint density at radius 2 is 2.17 bits per heavy atom. The number of allylic oxidation sites excluding steroid dienone is 3. The first-order valence-electron chi connectivity index (χ1n) is 4.48. The molecule has 0 unspecified atom stereocenters. The minimum Gasteiger partial charge on any atom is -0.545 e. The van der Waals surface area contributed by atoms with Crippen LogP contribution in [0.3, 0.4) is 0 Å². The Morgan fingerprint density at radius 1 is 1.56 bits per heavy atom. The van der Waals surface area contributed by atoms with Gasteiger partial charge in [0.25, 0.3) is 0 Å². The van der Waals surface area contributed by atoms with Gasteiger partial charge in [0.2, 0.25) is 0 Å². The molecule has 1 aromatic heterocycles. The van der Waals surface area contributed by atoms with E-state index in [-0.39, 0.29) is 57.2 Å². The van der Waals surface area contributed by atoms with Gasteiger partial charge in [0, 0.05) is 6.20 Å². The third kappa shape index (κ3) is 10.4. The molecule has 8 heteroatoms. The fourth-order valence-electron chi connectivity index (χ4n) is 0.639. The first kappa shape index (κ1) is 19.5. The molecular weight excluding hydrogens is 268 g/mol. The van der Waals surface area contributed by atoms with Gasteiger partial charge < -0.3 is 20.6 Å². The molecule has 0 saturated heterocycles. The first-order chi connectivity index (χ1) is 7.97. The van der Waals surface area contributed by atoms with Crippen molar-refractivity contribution in [3.05, 3.63) is 46.8 Å². The van der Waals surface area contributed by atoms with Crippen molar-refractivity contribution in [1.82, 2.24) is 9.97 Å². The molecule has 0 aliphatic carbocycles. The minimum atomic E-state index is -1.16. The summed E-state index contributed by atoms with van der Waals surface area (Å²) in [5.74, 6) is -2.25. The molecule has 92 valence electrons. The van der Waals surface area contributed by atoms with Gasteiger partial charge in [-0.2, -0.15) is 4.98 Å². The summed E-state index contributed by atoms with van der Waals surface area (Å²) in [5.41, 5.74) is 4.27. The van der Waals surface area contributed by atoms with Gasteiger partial charge in [-0.1, -0.05) is 18.2 Å². The Morgan fingerprint density at radius 3 is 2.56 bits per heavy atom. The van der Waals surface area contributed by atoms with Crippen LogP contribution in [0.4, 0.5) is 10.2 Å². The van der Waals surface area contributed by atoms with Crippen molar-refractivity contribution in [3.8, 4) is 0 Å². The molecule has 0 amide bonds. The number of carboxylic acid groups (broad SMARTS) is 1. The first-order valence-corrected chi connectivity index (χ1v) is 4.48. The molecule has 0 spiro atoms. The van der Waals surface area contributed by atoms with Crippen LogP contribution in [0.2, 0.25) is 0 Å². The summed E-state index contributed by atoms with van der Waals surface area (Å²) in [6.07, 6.45) is 6.61. The van der Waals surface area contributed by atoms with Crippen molar-refractivity contribution in [2.75, 3.05) is 5.73 Å². The molecule has 0 aliphatic rings. The number of anilines is 1. The number of carbonyl (C=O) groups is 1. The van der Waals surface area contributed by atoms with Crippen LogP contribution in [0, 0.1) is 5.82 Å². The van der Waals surface area contributed by atoms with Gasteiger partial charge >= 0.3 is 57.1 Å². The molecule has 0 bridgehead atoms. The average Bonchev–Trinajstić information content (AvgIpc) is 2.25. The van der Waals surface area contributed by atoms with E-state index in [9.17, 15) is 19.1 Å². The number of hydrogen-bond donors (Lipinski definition) is 2. The number of aromatic amines is 1. The second-order valence-electron chi connectivity index (χ2n) is 2.64. The number of halogens is 1. The van der Waals surface area contributed by atoms with E-state index in [1.807, 2.05) is 4.98 Å². The van der Waals surface area contributed by atoms with Crippen molar-refractivity contribution >= 4 is 11.8 Å². The normalized spacial score (nSPS) is 9.67. The Balaban J connectivity index is 0. The van der Waals surface area contributed by atoms with Crippen LogP contribution < -0.4 is 67.9 Å². The molecule has 0 saturated carbocycles. The molecule has 0 aromatic carbocycles. The smallest absolute Gasteiger partial charge is 0.545 e. The van der Waals surface area contributed by atoms with Gasteiger partial charge in [0.15, 0.2) is 11.6 Å². The van der Waals surface area contributed by atoms with Gasteiger partial charge in [-0.05, 0) is 13.0 Å².